The van der Waals surface area contributed by atoms with Gasteiger partial charge >= 0.3 is 11.7 Å². The molecule has 0 fully saturated rings. The number of carboxylic acid groups (broad SMARTS) is 1. The molecule has 0 aliphatic heterocycles. The molecule has 1 atom stereocenters. The highest BCUT2D eigenvalue weighted by atomic mass is 16.4. The van der Waals surface area contributed by atoms with Crippen LogP contribution in [0, 0.1) is 0 Å². The first-order valence-corrected chi connectivity index (χ1v) is 5.67. The average molecular weight is 262 g/mol. The Morgan fingerprint density at radius 1 is 1.47 bits per heavy atom. The zero-order valence-electron chi connectivity index (χ0n) is 10.6. The number of rotatable bonds is 4. The summed E-state index contributed by atoms with van der Waals surface area (Å²) in [5.41, 5.74) is 1.92. The van der Waals surface area contributed by atoms with E-state index in [0.717, 1.165) is 11.6 Å². The van der Waals surface area contributed by atoms with Crippen molar-refractivity contribution in [2.45, 2.75) is 6.04 Å². The van der Waals surface area contributed by atoms with E-state index >= 15 is 0 Å². The quantitative estimate of drug-likeness (QED) is 0.812. The first-order chi connectivity index (χ1) is 8.97. The molecule has 2 N–H and O–H groups in total. The molecule has 0 saturated carbocycles. The summed E-state index contributed by atoms with van der Waals surface area (Å²) in [6, 6.07) is 5.08. The lowest BCUT2D eigenvalue weighted by Crippen LogP contribution is -2.18. The van der Waals surface area contributed by atoms with Gasteiger partial charge in [0.05, 0.1) is 11.6 Å². The molecule has 0 amide bonds. The van der Waals surface area contributed by atoms with Crippen LogP contribution >= 0.6 is 0 Å². The molecule has 1 aromatic heterocycles. The van der Waals surface area contributed by atoms with E-state index in [1.807, 2.05) is 25.1 Å². The lowest BCUT2D eigenvalue weighted by atomic mass is 10.0. The molecule has 1 aromatic carbocycles. The zero-order chi connectivity index (χ0) is 14.0. The van der Waals surface area contributed by atoms with E-state index in [9.17, 15) is 9.59 Å². The molecule has 100 valence electrons. The minimum atomic E-state index is -0.999. The van der Waals surface area contributed by atoms with Gasteiger partial charge in [0, 0.05) is 6.08 Å². The molecule has 1 heterocycles. The number of likely N-dealkylation sites (N-methyl/N-ethyl adjacent to an activating group) is 1. The van der Waals surface area contributed by atoms with Gasteiger partial charge in [-0.3, -0.25) is 9.88 Å². The van der Waals surface area contributed by atoms with Crippen molar-refractivity contribution in [3.63, 3.8) is 0 Å². The highest BCUT2D eigenvalue weighted by Crippen LogP contribution is 2.23. The van der Waals surface area contributed by atoms with Crippen LogP contribution in [0.15, 0.2) is 39.6 Å². The lowest BCUT2D eigenvalue weighted by molar-refractivity contribution is -0.131. The molecule has 0 saturated heterocycles. The number of hydrogen-bond donors (Lipinski definition) is 2. The molecule has 2 rings (SSSR count). The predicted molar refractivity (Wildman–Crippen MR) is 70.0 cm³/mol. The molecular formula is C13H14N2O4. The summed E-state index contributed by atoms with van der Waals surface area (Å²) in [6.07, 6.45) is 2.68. The number of carbonyl (C=O) groups is 1. The number of H-pyrrole nitrogens is 1. The molecular weight excluding hydrogens is 248 g/mol. The second kappa shape index (κ2) is 5.11. The molecule has 0 spiro atoms. The van der Waals surface area contributed by atoms with E-state index in [0.29, 0.717) is 11.1 Å². The maximum atomic E-state index is 11.1. The van der Waals surface area contributed by atoms with Crippen molar-refractivity contribution in [1.29, 1.82) is 0 Å². The van der Waals surface area contributed by atoms with Crippen molar-refractivity contribution in [3.8, 4) is 0 Å². The van der Waals surface area contributed by atoms with Gasteiger partial charge in [0.1, 0.15) is 0 Å². The van der Waals surface area contributed by atoms with Crippen molar-refractivity contribution in [3.05, 3.63) is 46.5 Å². The number of aromatic nitrogens is 1. The second-order valence-corrected chi connectivity index (χ2v) is 4.38. The number of aliphatic carboxylic acids is 1. The molecule has 0 aliphatic carbocycles. The maximum Gasteiger partial charge on any atom is 0.417 e. The van der Waals surface area contributed by atoms with Crippen molar-refractivity contribution in [2.24, 2.45) is 0 Å². The van der Waals surface area contributed by atoms with Gasteiger partial charge in [-0.2, -0.15) is 0 Å². The second-order valence-electron chi connectivity index (χ2n) is 4.38. The van der Waals surface area contributed by atoms with Gasteiger partial charge in [-0.1, -0.05) is 12.1 Å². The standard InChI is InChI=1S/C13H14N2O4/c1-15(2)10(5-6-12(16)17)8-3-4-9-11(7-8)19-13(18)14-9/h3-7,10H,1-2H3,(H,14,18)(H,16,17)/b6-5+. The largest absolute Gasteiger partial charge is 0.478 e. The van der Waals surface area contributed by atoms with Crippen molar-refractivity contribution in [2.75, 3.05) is 14.1 Å². The fraction of sp³-hybridized carbons (Fsp3) is 0.231. The van der Waals surface area contributed by atoms with Gasteiger partial charge < -0.3 is 9.52 Å². The molecule has 6 nitrogen and oxygen atoms in total. The molecule has 0 aliphatic rings. The first-order valence-electron chi connectivity index (χ1n) is 5.67. The number of nitrogens with one attached hydrogen (secondary N) is 1. The van der Waals surface area contributed by atoms with E-state index in [1.165, 1.54) is 0 Å². The summed E-state index contributed by atoms with van der Waals surface area (Å²) in [4.78, 5) is 26.1. The van der Waals surface area contributed by atoms with Crippen LogP contribution in [0.2, 0.25) is 0 Å². The molecule has 0 radical (unpaired) electrons. The van der Waals surface area contributed by atoms with Gasteiger partial charge in [0.2, 0.25) is 0 Å². The van der Waals surface area contributed by atoms with E-state index in [4.69, 9.17) is 9.52 Å². The van der Waals surface area contributed by atoms with E-state index in [2.05, 4.69) is 4.98 Å². The SMILES string of the molecule is CN(C)C(/C=C/C(=O)O)c1ccc2[nH]c(=O)oc2c1. The van der Waals surface area contributed by atoms with E-state index in [1.54, 1.807) is 18.2 Å². The Morgan fingerprint density at radius 3 is 2.84 bits per heavy atom. The lowest BCUT2D eigenvalue weighted by Gasteiger charge is -2.21. The van der Waals surface area contributed by atoms with Crippen molar-refractivity contribution < 1.29 is 14.3 Å². The van der Waals surface area contributed by atoms with Gasteiger partial charge in [-0.25, -0.2) is 9.59 Å². The zero-order valence-corrected chi connectivity index (χ0v) is 10.6. The van der Waals surface area contributed by atoms with Crippen LogP contribution in [0.5, 0.6) is 0 Å². The summed E-state index contributed by atoms with van der Waals surface area (Å²) < 4.78 is 4.99. The van der Waals surface area contributed by atoms with Crippen LogP contribution in [0.4, 0.5) is 0 Å². The Morgan fingerprint density at radius 2 is 2.21 bits per heavy atom. The highest BCUT2D eigenvalue weighted by Gasteiger charge is 2.13. The molecule has 2 aromatic rings. The van der Waals surface area contributed by atoms with Crippen LogP contribution < -0.4 is 5.76 Å². The number of nitrogens with zero attached hydrogens (tertiary/aromatic N) is 1. The third kappa shape index (κ3) is 2.92. The number of carboxylic acids is 1. The highest BCUT2D eigenvalue weighted by molar-refractivity contribution is 5.80. The Bertz CT molecular complexity index is 681. The molecule has 0 bridgehead atoms. The molecule has 19 heavy (non-hydrogen) atoms. The Labute approximate surface area is 109 Å². The van der Waals surface area contributed by atoms with Gasteiger partial charge in [0.15, 0.2) is 5.58 Å². The Hall–Kier alpha value is -2.34. The van der Waals surface area contributed by atoms with Gasteiger partial charge in [-0.15, -0.1) is 0 Å². The summed E-state index contributed by atoms with van der Waals surface area (Å²) in [6.45, 7) is 0. The normalized spacial score (nSPS) is 13.4. The third-order valence-corrected chi connectivity index (χ3v) is 2.76. The van der Waals surface area contributed by atoms with Crippen LogP contribution in [0.25, 0.3) is 11.1 Å². The topological polar surface area (TPSA) is 86.5 Å². The summed E-state index contributed by atoms with van der Waals surface area (Å²) in [7, 11) is 3.68. The molecule has 1 unspecified atom stereocenters. The first kappa shape index (κ1) is 13.1. The maximum absolute atomic E-state index is 11.1. The summed E-state index contributed by atoms with van der Waals surface area (Å²) >= 11 is 0. The van der Waals surface area contributed by atoms with Crippen LogP contribution in [0.3, 0.4) is 0 Å². The van der Waals surface area contributed by atoms with Crippen LogP contribution in [0.1, 0.15) is 11.6 Å². The summed E-state index contributed by atoms with van der Waals surface area (Å²) in [5, 5.41) is 8.70. The van der Waals surface area contributed by atoms with Crippen LogP contribution in [-0.2, 0) is 4.79 Å². The predicted octanol–water partition coefficient (Wildman–Crippen LogP) is 1.36. The van der Waals surface area contributed by atoms with Gasteiger partial charge in [0.25, 0.3) is 0 Å². The molecule has 6 heteroatoms. The van der Waals surface area contributed by atoms with Gasteiger partial charge in [-0.05, 0) is 31.8 Å². The number of hydrogen-bond acceptors (Lipinski definition) is 4. The van der Waals surface area contributed by atoms with Crippen LogP contribution in [-0.4, -0.2) is 35.1 Å². The summed E-state index contributed by atoms with van der Waals surface area (Å²) in [5.74, 6) is -1.50. The minimum Gasteiger partial charge on any atom is -0.478 e. The number of benzene rings is 1. The average Bonchev–Trinajstić information content (AvgIpc) is 2.67. The fourth-order valence-electron chi connectivity index (χ4n) is 1.90. The van der Waals surface area contributed by atoms with Crippen molar-refractivity contribution in [1.82, 2.24) is 9.88 Å². The van der Waals surface area contributed by atoms with E-state index in [-0.39, 0.29) is 6.04 Å². The monoisotopic (exact) mass is 262 g/mol. The Balaban J connectivity index is 2.43. The number of aromatic amines is 1. The van der Waals surface area contributed by atoms with E-state index < -0.39 is 11.7 Å². The fourth-order valence-corrected chi connectivity index (χ4v) is 1.90. The number of oxazole rings is 1. The van der Waals surface area contributed by atoms with Crippen molar-refractivity contribution >= 4 is 17.1 Å². The number of fused-ring (bicyclic) bond motifs is 1. The Kier molecular flexibility index (Phi) is 3.52. The third-order valence-electron chi connectivity index (χ3n) is 2.76. The minimum absolute atomic E-state index is 0.208. The smallest absolute Gasteiger partial charge is 0.417 e.